The molecule has 6 nitrogen and oxygen atoms in total. The molecule has 1 saturated heterocycles. The van der Waals surface area contributed by atoms with E-state index in [0.717, 1.165) is 12.1 Å². The lowest BCUT2D eigenvalue weighted by atomic mass is 9.75. The van der Waals surface area contributed by atoms with Crippen LogP contribution in [0.15, 0.2) is 41.3 Å². The Hall–Kier alpha value is -1.88. The van der Waals surface area contributed by atoms with E-state index < -0.39 is 49.4 Å². The lowest BCUT2D eigenvalue weighted by Crippen LogP contribution is -2.57. The van der Waals surface area contributed by atoms with Gasteiger partial charge in [-0.05, 0) is 60.9 Å². The Labute approximate surface area is 218 Å². The second-order valence-corrected chi connectivity index (χ2v) is 13.3. The van der Waals surface area contributed by atoms with Crippen LogP contribution in [-0.4, -0.2) is 44.6 Å². The largest absolute Gasteiger partial charge is 0.490 e. The molecule has 2 aromatic carbocycles. The van der Waals surface area contributed by atoms with Crippen molar-refractivity contribution < 1.29 is 31.5 Å². The van der Waals surface area contributed by atoms with Crippen LogP contribution in [0, 0.1) is 23.5 Å². The lowest BCUT2D eigenvalue weighted by Gasteiger charge is -2.50. The molecule has 1 amide bonds. The van der Waals surface area contributed by atoms with Crippen molar-refractivity contribution in [2.75, 3.05) is 19.0 Å². The molecule has 1 fully saturated rings. The highest BCUT2D eigenvalue weighted by Crippen LogP contribution is 2.56. The number of rotatable bonds is 8. The van der Waals surface area contributed by atoms with E-state index in [0.29, 0.717) is 17.2 Å². The maximum atomic E-state index is 15.4. The number of amides is 1. The Kier molecular flexibility index (Phi) is 7.90. The highest BCUT2D eigenvalue weighted by atomic mass is 35.5. The fourth-order valence-corrected chi connectivity index (χ4v) is 8.89. The van der Waals surface area contributed by atoms with Crippen molar-refractivity contribution in [1.82, 2.24) is 0 Å². The second kappa shape index (κ2) is 10.5. The molecule has 2 heterocycles. The number of nitrogens with two attached hydrogens (primary N) is 1. The summed E-state index contributed by atoms with van der Waals surface area (Å²) in [5, 5.41) is -0.0605. The molecule has 4 atom stereocenters. The minimum atomic E-state index is -4.26. The predicted octanol–water partition coefficient (Wildman–Crippen LogP) is 4.72. The number of halogens is 3. The third kappa shape index (κ3) is 4.61. The van der Waals surface area contributed by atoms with Crippen molar-refractivity contribution in [2.45, 2.75) is 47.7 Å². The van der Waals surface area contributed by atoms with Gasteiger partial charge in [0.25, 0.3) is 0 Å². The Bertz CT molecular complexity index is 1240. The van der Waals surface area contributed by atoms with Crippen LogP contribution in [0.25, 0.3) is 0 Å². The van der Waals surface area contributed by atoms with Gasteiger partial charge in [-0.15, -0.1) is 11.8 Å². The fourth-order valence-electron chi connectivity index (χ4n) is 5.25. The standard InChI is InChI=1S/C25H28ClF2NO5S2/c1-14(2)23(24(29)30)35-12-9-20-17-13-34-22-19(28)8-7-18(27)21(22)25(17,10-11-33-20)36(31,32)16-5-3-15(26)4-6-16/h3-8,14,17,20,23H,9-13H2,1-2H3,(H2,29,30)/t17-,20-,23?,25-/m0/s1. The Balaban J connectivity index is 1.78. The van der Waals surface area contributed by atoms with Crippen LogP contribution >= 0.6 is 23.4 Å². The zero-order valence-electron chi connectivity index (χ0n) is 19.9. The molecule has 4 rings (SSSR count). The molecule has 0 spiro atoms. The highest BCUT2D eigenvalue weighted by Gasteiger charge is 2.61. The molecule has 1 unspecified atom stereocenters. The molecule has 2 N–H and O–H groups in total. The van der Waals surface area contributed by atoms with Crippen LogP contribution in [0.1, 0.15) is 32.3 Å². The van der Waals surface area contributed by atoms with E-state index in [4.69, 9.17) is 26.8 Å². The summed E-state index contributed by atoms with van der Waals surface area (Å²) in [5.41, 5.74) is 5.22. The zero-order valence-corrected chi connectivity index (χ0v) is 22.3. The van der Waals surface area contributed by atoms with E-state index in [1.54, 1.807) is 0 Å². The first-order chi connectivity index (χ1) is 17.0. The van der Waals surface area contributed by atoms with Gasteiger partial charge in [-0.3, -0.25) is 4.79 Å². The van der Waals surface area contributed by atoms with Crippen molar-refractivity contribution >= 4 is 39.1 Å². The number of primary amides is 1. The Morgan fingerprint density at radius 1 is 1.19 bits per heavy atom. The summed E-state index contributed by atoms with van der Waals surface area (Å²) in [4.78, 5) is 11.8. The smallest absolute Gasteiger partial charge is 0.230 e. The van der Waals surface area contributed by atoms with Crippen LogP contribution in [0.5, 0.6) is 5.75 Å². The molecule has 0 saturated carbocycles. The second-order valence-electron chi connectivity index (χ2n) is 9.38. The van der Waals surface area contributed by atoms with Gasteiger partial charge < -0.3 is 15.2 Å². The molecule has 2 aromatic rings. The van der Waals surface area contributed by atoms with Gasteiger partial charge in [0, 0.05) is 17.5 Å². The zero-order chi connectivity index (χ0) is 26.3. The number of carbonyl (C=O) groups is 1. The molecule has 11 heteroatoms. The average Bonchev–Trinajstić information content (AvgIpc) is 2.83. The van der Waals surface area contributed by atoms with Crippen molar-refractivity contribution in [3.05, 3.63) is 58.6 Å². The van der Waals surface area contributed by atoms with Gasteiger partial charge >= 0.3 is 0 Å². The maximum Gasteiger partial charge on any atom is 0.230 e. The molecule has 2 aliphatic rings. The fraction of sp³-hybridized carbons (Fsp3) is 0.480. The first-order valence-corrected chi connectivity index (χ1v) is 14.6. The number of benzene rings is 2. The van der Waals surface area contributed by atoms with Crippen LogP contribution in [0.3, 0.4) is 0 Å². The molecule has 0 aromatic heterocycles. The SMILES string of the molecule is CC(C)C(SCC[C@@H]1OCC[C@@]2(S(=O)(=O)c3ccc(Cl)cc3)c3c(F)ccc(F)c3OC[C@@H]12)C(N)=O. The molecule has 0 aliphatic carbocycles. The molecule has 0 radical (unpaired) electrons. The van der Waals surface area contributed by atoms with Gasteiger partial charge in [-0.1, -0.05) is 25.4 Å². The maximum absolute atomic E-state index is 15.4. The van der Waals surface area contributed by atoms with Crippen molar-refractivity contribution in [3.8, 4) is 5.75 Å². The molecular formula is C25H28ClF2NO5S2. The van der Waals surface area contributed by atoms with E-state index in [9.17, 15) is 17.6 Å². The van der Waals surface area contributed by atoms with Gasteiger partial charge in [0.2, 0.25) is 5.91 Å². The highest BCUT2D eigenvalue weighted by molar-refractivity contribution is 8.00. The summed E-state index contributed by atoms with van der Waals surface area (Å²) >= 11 is 7.35. The molecule has 0 bridgehead atoms. The van der Waals surface area contributed by atoms with Crippen LogP contribution in [-0.2, 0) is 24.1 Å². The van der Waals surface area contributed by atoms with E-state index in [1.165, 1.54) is 36.0 Å². The van der Waals surface area contributed by atoms with Gasteiger partial charge in [0.1, 0.15) is 10.6 Å². The van der Waals surface area contributed by atoms with Crippen molar-refractivity contribution in [3.63, 3.8) is 0 Å². The van der Waals surface area contributed by atoms with Crippen LogP contribution < -0.4 is 10.5 Å². The number of hydrogen-bond donors (Lipinski definition) is 1. The average molecular weight is 560 g/mol. The van der Waals surface area contributed by atoms with Gasteiger partial charge in [0.15, 0.2) is 21.4 Å². The van der Waals surface area contributed by atoms with Crippen molar-refractivity contribution in [2.24, 2.45) is 17.6 Å². The summed E-state index contributed by atoms with van der Waals surface area (Å²) in [5.74, 6) is -2.82. The third-order valence-electron chi connectivity index (χ3n) is 6.93. The van der Waals surface area contributed by atoms with Crippen LogP contribution in [0.2, 0.25) is 5.02 Å². The topological polar surface area (TPSA) is 95.7 Å². The number of hydrogen-bond acceptors (Lipinski definition) is 6. The van der Waals surface area contributed by atoms with E-state index in [2.05, 4.69) is 0 Å². The summed E-state index contributed by atoms with van der Waals surface area (Å²) in [6.45, 7) is 3.65. The monoisotopic (exact) mass is 559 g/mol. The molecule has 196 valence electrons. The molecule has 2 aliphatic heterocycles. The Morgan fingerprint density at radius 3 is 2.50 bits per heavy atom. The minimum Gasteiger partial charge on any atom is -0.490 e. The summed E-state index contributed by atoms with van der Waals surface area (Å²) in [6, 6.07) is 7.50. The predicted molar refractivity (Wildman–Crippen MR) is 135 cm³/mol. The number of thioether (sulfide) groups is 1. The quantitative estimate of drug-likeness (QED) is 0.503. The molecular weight excluding hydrogens is 532 g/mol. The van der Waals surface area contributed by atoms with Gasteiger partial charge in [0.05, 0.1) is 28.4 Å². The first-order valence-electron chi connectivity index (χ1n) is 11.6. The van der Waals surface area contributed by atoms with E-state index >= 15 is 4.39 Å². The van der Waals surface area contributed by atoms with Gasteiger partial charge in [-0.2, -0.15) is 0 Å². The van der Waals surface area contributed by atoms with Crippen LogP contribution in [0.4, 0.5) is 8.78 Å². The third-order valence-corrected chi connectivity index (χ3v) is 11.4. The lowest BCUT2D eigenvalue weighted by molar-refractivity contribution is -0.118. The number of sulfone groups is 1. The number of ether oxygens (including phenoxy) is 2. The summed E-state index contributed by atoms with van der Waals surface area (Å²) < 4.78 is 68.6. The molecule has 36 heavy (non-hydrogen) atoms. The first kappa shape index (κ1) is 27.2. The van der Waals surface area contributed by atoms with Crippen molar-refractivity contribution in [1.29, 1.82) is 0 Å². The van der Waals surface area contributed by atoms with Gasteiger partial charge in [-0.25, -0.2) is 17.2 Å². The summed E-state index contributed by atoms with van der Waals surface area (Å²) in [6.07, 6.45) is -0.331. The van der Waals surface area contributed by atoms with E-state index in [-0.39, 0.29) is 41.8 Å². The Morgan fingerprint density at radius 2 is 1.86 bits per heavy atom. The normalized spacial score (nSPS) is 24.5. The minimum absolute atomic E-state index is 0.0195. The van der Waals surface area contributed by atoms with E-state index in [1.807, 2.05) is 13.8 Å². The number of fused-ring (bicyclic) bond motifs is 3. The number of carbonyl (C=O) groups excluding carboxylic acids is 1. The summed E-state index contributed by atoms with van der Waals surface area (Å²) in [7, 11) is -4.26.